The van der Waals surface area contributed by atoms with E-state index in [0.29, 0.717) is 16.0 Å². The summed E-state index contributed by atoms with van der Waals surface area (Å²) in [6.07, 6.45) is 2.33. The van der Waals surface area contributed by atoms with Crippen LogP contribution in [-0.2, 0) is 11.2 Å². The van der Waals surface area contributed by atoms with Gasteiger partial charge in [-0.1, -0.05) is 0 Å². The molecule has 1 aliphatic carbocycles. The molecule has 3 N–H and O–H groups in total. The Bertz CT molecular complexity index is 689. The van der Waals surface area contributed by atoms with Gasteiger partial charge in [-0.15, -0.1) is 0 Å². The van der Waals surface area contributed by atoms with Gasteiger partial charge in [0, 0.05) is 11.1 Å². The summed E-state index contributed by atoms with van der Waals surface area (Å²) in [4.78, 5) is 14.4. The fraction of sp³-hybridized carbons (Fsp3) is 0.357. The highest BCUT2D eigenvalue weighted by atomic mass is 79.9. The Kier molecular flexibility index (Phi) is 2.89. The highest BCUT2D eigenvalue weighted by molar-refractivity contribution is 9.10. The minimum absolute atomic E-state index is 0.0464. The van der Waals surface area contributed by atoms with Crippen molar-refractivity contribution in [1.82, 2.24) is 4.98 Å². The number of primary amides is 1. The molecule has 1 aromatic carbocycles. The summed E-state index contributed by atoms with van der Waals surface area (Å²) in [6, 6.07) is 1.38. The summed E-state index contributed by atoms with van der Waals surface area (Å²) in [6.45, 7) is 1.99. The van der Waals surface area contributed by atoms with Crippen molar-refractivity contribution in [3.63, 3.8) is 0 Å². The second-order valence-electron chi connectivity index (χ2n) is 5.16. The number of rotatable bonds is 3. The quantitative estimate of drug-likeness (QED) is 0.894. The molecule has 0 atom stereocenters. The molecule has 5 heteroatoms. The van der Waals surface area contributed by atoms with Crippen LogP contribution in [0, 0.1) is 12.7 Å². The van der Waals surface area contributed by atoms with Crippen LogP contribution in [0.1, 0.15) is 35.6 Å². The topological polar surface area (TPSA) is 58.9 Å². The van der Waals surface area contributed by atoms with Crippen LogP contribution in [0.15, 0.2) is 10.5 Å². The van der Waals surface area contributed by atoms with Crippen molar-refractivity contribution in [3.05, 3.63) is 33.2 Å². The van der Waals surface area contributed by atoms with Gasteiger partial charge >= 0.3 is 0 Å². The average molecular weight is 325 g/mol. The van der Waals surface area contributed by atoms with Gasteiger partial charge in [-0.25, -0.2) is 4.39 Å². The molecular weight excluding hydrogens is 311 g/mol. The molecule has 1 aliphatic rings. The molecule has 0 saturated heterocycles. The average Bonchev–Trinajstić information content (AvgIpc) is 3.08. The van der Waals surface area contributed by atoms with E-state index in [9.17, 15) is 9.18 Å². The maximum absolute atomic E-state index is 14.0. The molecule has 1 amide bonds. The van der Waals surface area contributed by atoms with Crippen molar-refractivity contribution < 1.29 is 9.18 Å². The van der Waals surface area contributed by atoms with E-state index in [-0.39, 0.29) is 12.2 Å². The first kappa shape index (κ1) is 12.7. The van der Waals surface area contributed by atoms with Gasteiger partial charge in [-0.3, -0.25) is 4.79 Å². The van der Waals surface area contributed by atoms with Gasteiger partial charge in [0.25, 0.3) is 0 Å². The number of halogens is 2. The summed E-state index contributed by atoms with van der Waals surface area (Å²) in [7, 11) is 0. The number of fused-ring (bicyclic) bond motifs is 1. The van der Waals surface area contributed by atoms with Crippen LogP contribution >= 0.6 is 15.9 Å². The number of H-pyrrole nitrogens is 1. The third-order valence-electron chi connectivity index (χ3n) is 3.64. The molecule has 0 radical (unpaired) electrons. The number of aromatic nitrogens is 1. The number of hydrogen-bond donors (Lipinski definition) is 2. The molecule has 1 saturated carbocycles. The Hall–Kier alpha value is -1.36. The Balaban J connectivity index is 2.32. The molecule has 0 bridgehead atoms. The Labute approximate surface area is 118 Å². The molecule has 1 aromatic heterocycles. The van der Waals surface area contributed by atoms with Crippen LogP contribution in [0.5, 0.6) is 0 Å². The van der Waals surface area contributed by atoms with Crippen molar-refractivity contribution >= 4 is 32.7 Å². The van der Waals surface area contributed by atoms with Gasteiger partial charge in [0.05, 0.1) is 16.4 Å². The van der Waals surface area contributed by atoms with Crippen molar-refractivity contribution in [2.45, 2.75) is 32.1 Å². The van der Waals surface area contributed by atoms with Gasteiger partial charge < -0.3 is 10.7 Å². The van der Waals surface area contributed by atoms with E-state index in [1.165, 1.54) is 11.6 Å². The molecule has 3 rings (SSSR count). The monoisotopic (exact) mass is 324 g/mol. The van der Waals surface area contributed by atoms with Crippen LogP contribution in [0.4, 0.5) is 4.39 Å². The summed E-state index contributed by atoms with van der Waals surface area (Å²) in [5.74, 6) is -0.291. The lowest BCUT2D eigenvalue weighted by molar-refractivity contribution is -0.117. The predicted molar refractivity (Wildman–Crippen MR) is 75.6 cm³/mol. The first-order valence-corrected chi connectivity index (χ1v) is 7.05. The zero-order valence-electron chi connectivity index (χ0n) is 10.5. The van der Waals surface area contributed by atoms with Gasteiger partial charge in [-0.05, 0) is 58.8 Å². The Morgan fingerprint density at radius 2 is 2.26 bits per heavy atom. The second-order valence-corrected chi connectivity index (χ2v) is 5.96. The van der Waals surface area contributed by atoms with Crippen LogP contribution < -0.4 is 5.73 Å². The van der Waals surface area contributed by atoms with Crippen molar-refractivity contribution in [2.75, 3.05) is 0 Å². The van der Waals surface area contributed by atoms with E-state index < -0.39 is 5.91 Å². The van der Waals surface area contributed by atoms with E-state index >= 15 is 0 Å². The molecule has 0 spiro atoms. The number of benzene rings is 1. The second kappa shape index (κ2) is 4.34. The van der Waals surface area contributed by atoms with Crippen molar-refractivity contribution in [1.29, 1.82) is 0 Å². The van der Waals surface area contributed by atoms with E-state index in [2.05, 4.69) is 20.9 Å². The van der Waals surface area contributed by atoms with Crippen LogP contribution in [-0.4, -0.2) is 10.9 Å². The fourth-order valence-electron chi connectivity index (χ4n) is 2.73. The number of aromatic amines is 1. The number of hydrogen-bond acceptors (Lipinski definition) is 1. The third kappa shape index (κ3) is 2.06. The minimum atomic E-state index is -0.455. The highest BCUT2D eigenvalue weighted by Gasteiger charge is 2.30. The fourth-order valence-corrected chi connectivity index (χ4v) is 3.25. The lowest BCUT2D eigenvalue weighted by Crippen LogP contribution is -2.14. The maximum atomic E-state index is 14.0. The molecule has 1 fully saturated rings. The molecule has 100 valence electrons. The summed E-state index contributed by atoms with van der Waals surface area (Å²) >= 11 is 3.33. The third-order valence-corrected chi connectivity index (χ3v) is 4.41. The number of nitrogens with one attached hydrogen (secondary N) is 1. The summed E-state index contributed by atoms with van der Waals surface area (Å²) < 4.78 is 14.5. The summed E-state index contributed by atoms with van der Waals surface area (Å²) in [5.41, 5.74) is 8.91. The molecule has 3 nitrogen and oxygen atoms in total. The van der Waals surface area contributed by atoms with Gasteiger partial charge in [0.15, 0.2) is 0 Å². The van der Waals surface area contributed by atoms with Crippen LogP contribution in [0.25, 0.3) is 10.9 Å². The SMILES string of the molecule is Cc1[nH]c2c(CC(N)=O)cc(F)c(Br)c2c1C1CC1. The lowest BCUT2D eigenvalue weighted by atomic mass is 10.0. The van der Waals surface area contributed by atoms with Crippen molar-refractivity contribution in [3.8, 4) is 0 Å². The number of amides is 1. The minimum Gasteiger partial charge on any atom is -0.369 e. The van der Waals surface area contributed by atoms with Crippen LogP contribution in [0.2, 0.25) is 0 Å². The van der Waals surface area contributed by atoms with Crippen LogP contribution in [0.3, 0.4) is 0 Å². The first-order chi connectivity index (χ1) is 8.99. The number of aryl methyl sites for hydroxylation is 1. The number of carbonyl (C=O) groups is 1. The van der Waals surface area contributed by atoms with Gasteiger partial charge in [-0.2, -0.15) is 0 Å². The number of nitrogens with two attached hydrogens (primary N) is 1. The Morgan fingerprint density at radius 3 is 2.84 bits per heavy atom. The van der Waals surface area contributed by atoms with E-state index in [0.717, 1.165) is 29.4 Å². The molecular formula is C14H14BrFN2O. The molecule has 1 heterocycles. The predicted octanol–water partition coefficient (Wildman–Crippen LogP) is 3.28. The van der Waals surface area contributed by atoms with Crippen molar-refractivity contribution in [2.24, 2.45) is 5.73 Å². The van der Waals surface area contributed by atoms with E-state index in [4.69, 9.17) is 5.73 Å². The highest BCUT2D eigenvalue weighted by Crippen LogP contribution is 2.47. The molecule has 0 unspecified atom stereocenters. The zero-order valence-corrected chi connectivity index (χ0v) is 12.1. The molecule has 19 heavy (non-hydrogen) atoms. The van der Waals surface area contributed by atoms with E-state index in [1.807, 2.05) is 6.92 Å². The molecule has 2 aromatic rings. The largest absolute Gasteiger partial charge is 0.369 e. The van der Waals surface area contributed by atoms with Gasteiger partial charge in [0.1, 0.15) is 5.82 Å². The maximum Gasteiger partial charge on any atom is 0.221 e. The van der Waals surface area contributed by atoms with Gasteiger partial charge in [0.2, 0.25) is 5.91 Å². The zero-order chi connectivity index (χ0) is 13.7. The molecule has 0 aliphatic heterocycles. The first-order valence-electron chi connectivity index (χ1n) is 6.26. The summed E-state index contributed by atoms with van der Waals surface area (Å²) in [5, 5.41) is 0.872. The smallest absolute Gasteiger partial charge is 0.221 e. The lowest BCUT2D eigenvalue weighted by Gasteiger charge is -2.06. The normalized spacial score (nSPS) is 15.1. The standard InChI is InChI=1S/C14H14BrFN2O/c1-6-11(7-2-3-7)12-13(15)9(16)4-8(5-10(17)19)14(12)18-6/h4,7,18H,2-3,5H2,1H3,(H2,17,19). The van der Waals surface area contributed by atoms with E-state index in [1.54, 1.807) is 0 Å². The Morgan fingerprint density at radius 1 is 1.58 bits per heavy atom. The number of carbonyl (C=O) groups excluding carboxylic acids is 1.